The van der Waals surface area contributed by atoms with Crippen molar-refractivity contribution in [1.82, 2.24) is 9.78 Å². The Morgan fingerprint density at radius 3 is 2.58 bits per heavy atom. The number of rotatable bonds is 5. The minimum Gasteiger partial charge on any atom is -0.332 e. The molecule has 2 aromatic carbocycles. The van der Waals surface area contributed by atoms with Gasteiger partial charge in [-0.05, 0) is 30.4 Å². The molecule has 26 heavy (non-hydrogen) atoms. The molecule has 0 spiro atoms. The van der Waals surface area contributed by atoms with Crippen molar-refractivity contribution >= 4 is 34.5 Å². The van der Waals surface area contributed by atoms with Gasteiger partial charge < -0.3 is 10.6 Å². The molecule has 7 nitrogen and oxygen atoms in total. The van der Waals surface area contributed by atoms with Crippen molar-refractivity contribution in [3.63, 3.8) is 0 Å². The summed E-state index contributed by atoms with van der Waals surface area (Å²) >= 11 is 5.20. The van der Waals surface area contributed by atoms with Crippen LogP contribution in [0.5, 0.6) is 0 Å². The fraction of sp³-hybridized carbons (Fsp3) is 0.0588. The first kappa shape index (κ1) is 17.5. The second-order valence-electron chi connectivity index (χ2n) is 5.37. The van der Waals surface area contributed by atoms with Crippen molar-refractivity contribution in [1.29, 1.82) is 0 Å². The number of non-ortho nitro benzene ring substituents is 1. The summed E-state index contributed by atoms with van der Waals surface area (Å²) in [6.45, 7) is 0.302. The average Bonchev–Trinajstić information content (AvgIpc) is 3.04. The monoisotopic (exact) mass is 371 g/mol. The zero-order valence-electron chi connectivity index (χ0n) is 13.4. The molecule has 0 aliphatic heterocycles. The number of anilines is 2. The molecule has 0 amide bonds. The molecule has 1 aromatic heterocycles. The van der Waals surface area contributed by atoms with E-state index in [-0.39, 0.29) is 16.6 Å². The molecule has 1 heterocycles. The summed E-state index contributed by atoms with van der Waals surface area (Å²) in [6.07, 6.45) is 1.71. The Morgan fingerprint density at radius 2 is 1.88 bits per heavy atom. The first-order valence-electron chi connectivity index (χ1n) is 7.60. The normalized spacial score (nSPS) is 10.3. The van der Waals surface area contributed by atoms with E-state index in [2.05, 4.69) is 15.7 Å². The molecule has 3 aromatic rings. The van der Waals surface area contributed by atoms with Gasteiger partial charge in [0.05, 0.1) is 11.5 Å². The van der Waals surface area contributed by atoms with Crippen LogP contribution in [-0.4, -0.2) is 19.8 Å². The van der Waals surface area contributed by atoms with Gasteiger partial charge in [0.2, 0.25) is 0 Å². The standard InChI is InChI=1S/C17H14FN5O2S/c18-15-4-2-1-3-12(15)11-22-10-9-16(21-22)20-17(26)19-13-5-7-14(8-6-13)23(24)25/h1-10H,11H2,(H2,19,20,21,26). The van der Waals surface area contributed by atoms with Crippen molar-refractivity contribution in [3.05, 3.63) is 82.3 Å². The van der Waals surface area contributed by atoms with E-state index in [9.17, 15) is 14.5 Å². The number of hydrogen-bond donors (Lipinski definition) is 2. The average molecular weight is 371 g/mol. The van der Waals surface area contributed by atoms with Crippen LogP contribution in [-0.2, 0) is 6.54 Å². The molecule has 0 fully saturated rings. The lowest BCUT2D eigenvalue weighted by molar-refractivity contribution is -0.384. The van der Waals surface area contributed by atoms with Gasteiger partial charge in [-0.1, -0.05) is 18.2 Å². The first-order chi connectivity index (χ1) is 12.5. The third kappa shape index (κ3) is 4.39. The van der Waals surface area contributed by atoms with Crippen LogP contribution in [0.3, 0.4) is 0 Å². The van der Waals surface area contributed by atoms with Gasteiger partial charge in [0.15, 0.2) is 10.9 Å². The van der Waals surface area contributed by atoms with Crippen molar-refractivity contribution in [2.45, 2.75) is 6.54 Å². The number of nitrogens with one attached hydrogen (secondary N) is 2. The number of benzene rings is 2. The molecule has 9 heteroatoms. The third-order valence-electron chi connectivity index (χ3n) is 3.51. The van der Waals surface area contributed by atoms with Gasteiger partial charge >= 0.3 is 0 Å². The molecule has 0 unspecified atom stereocenters. The quantitative estimate of drug-likeness (QED) is 0.403. The van der Waals surface area contributed by atoms with Crippen LogP contribution < -0.4 is 10.6 Å². The van der Waals surface area contributed by atoms with Crippen LogP contribution in [0.1, 0.15) is 5.56 Å². The van der Waals surface area contributed by atoms with Crippen LogP contribution in [0.25, 0.3) is 0 Å². The van der Waals surface area contributed by atoms with E-state index in [0.29, 0.717) is 23.6 Å². The second kappa shape index (κ2) is 7.70. The fourth-order valence-corrected chi connectivity index (χ4v) is 2.49. The summed E-state index contributed by atoms with van der Waals surface area (Å²) in [4.78, 5) is 10.2. The third-order valence-corrected chi connectivity index (χ3v) is 3.71. The van der Waals surface area contributed by atoms with Crippen LogP contribution in [0.2, 0.25) is 0 Å². The van der Waals surface area contributed by atoms with E-state index in [1.807, 2.05) is 0 Å². The highest BCUT2D eigenvalue weighted by molar-refractivity contribution is 7.80. The summed E-state index contributed by atoms with van der Waals surface area (Å²) in [7, 11) is 0. The maximum Gasteiger partial charge on any atom is 0.269 e. The smallest absolute Gasteiger partial charge is 0.269 e. The Bertz CT molecular complexity index is 942. The first-order valence-corrected chi connectivity index (χ1v) is 8.01. The zero-order valence-corrected chi connectivity index (χ0v) is 14.2. The fourth-order valence-electron chi connectivity index (χ4n) is 2.26. The lowest BCUT2D eigenvalue weighted by Gasteiger charge is -2.08. The molecule has 0 atom stereocenters. The molecular weight excluding hydrogens is 357 g/mol. The highest BCUT2D eigenvalue weighted by Gasteiger charge is 2.07. The molecule has 0 bridgehead atoms. The minimum atomic E-state index is -0.470. The highest BCUT2D eigenvalue weighted by Crippen LogP contribution is 2.16. The Balaban J connectivity index is 1.59. The minimum absolute atomic E-state index is 0.00122. The molecule has 0 saturated heterocycles. The Labute approximate surface area is 153 Å². The van der Waals surface area contributed by atoms with E-state index in [1.54, 1.807) is 47.3 Å². The lowest BCUT2D eigenvalue weighted by Crippen LogP contribution is -2.19. The summed E-state index contributed by atoms with van der Waals surface area (Å²) in [5.41, 5.74) is 1.15. The van der Waals surface area contributed by atoms with Gasteiger partial charge in [-0.25, -0.2) is 4.39 Å². The molecular formula is C17H14FN5O2S. The Hall–Kier alpha value is -3.33. The van der Waals surface area contributed by atoms with Gasteiger partial charge in [-0.15, -0.1) is 0 Å². The predicted octanol–water partition coefficient (Wildman–Crippen LogP) is 3.79. The Morgan fingerprint density at radius 1 is 1.15 bits per heavy atom. The lowest BCUT2D eigenvalue weighted by atomic mass is 10.2. The van der Waals surface area contributed by atoms with E-state index in [4.69, 9.17) is 12.2 Å². The van der Waals surface area contributed by atoms with Gasteiger partial charge in [-0.3, -0.25) is 14.8 Å². The van der Waals surface area contributed by atoms with Crippen LogP contribution >= 0.6 is 12.2 Å². The number of hydrogen-bond acceptors (Lipinski definition) is 4. The van der Waals surface area contributed by atoms with Crippen molar-refractivity contribution < 1.29 is 9.31 Å². The molecule has 0 aliphatic rings. The summed E-state index contributed by atoms with van der Waals surface area (Å²) in [6, 6.07) is 14.1. The predicted molar refractivity (Wildman–Crippen MR) is 101 cm³/mol. The van der Waals surface area contributed by atoms with Gasteiger partial charge in [0.1, 0.15) is 5.82 Å². The molecule has 0 radical (unpaired) electrons. The van der Waals surface area contributed by atoms with Crippen LogP contribution in [0.15, 0.2) is 60.8 Å². The van der Waals surface area contributed by atoms with Gasteiger partial charge in [-0.2, -0.15) is 5.10 Å². The maximum absolute atomic E-state index is 13.7. The molecule has 132 valence electrons. The number of nitro benzene ring substituents is 1. The molecule has 3 rings (SSSR count). The summed E-state index contributed by atoms with van der Waals surface area (Å²) in [5.74, 6) is 0.216. The summed E-state index contributed by atoms with van der Waals surface area (Å²) in [5, 5.41) is 21.0. The van der Waals surface area contributed by atoms with E-state index in [0.717, 1.165) is 0 Å². The van der Waals surface area contributed by atoms with Crippen molar-refractivity contribution in [3.8, 4) is 0 Å². The van der Waals surface area contributed by atoms with Crippen LogP contribution in [0, 0.1) is 15.9 Å². The van der Waals surface area contributed by atoms with Crippen molar-refractivity contribution in [2.75, 3.05) is 10.6 Å². The van der Waals surface area contributed by atoms with E-state index >= 15 is 0 Å². The summed E-state index contributed by atoms with van der Waals surface area (Å²) < 4.78 is 15.3. The van der Waals surface area contributed by atoms with E-state index in [1.165, 1.54) is 18.2 Å². The van der Waals surface area contributed by atoms with Gasteiger partial charge in [0, 0.05) is 35.6 Å². The molecule has 0 saturated carbocycles. The van der Waals surface area contributed by atoms with Crippen LogP contribution in [0.4, 0.5) is 21.6 Å². The number of nitrogens with zero attached hydrogens (tertiary/aromatic N) is 3. The van der Waals surface area contributed by atoms with Crippen molar-refractivity contribution in [2.24, 2.45) is 0 Å². The Kier molecular flexibility index (Phi) is 5.18. The highest BCUT2D eigenvalue weighted by atomic mass is 32.1. The number of aromatic nitrogens is 2. The zero-order chi connectivity index (χ0) is 18.5. The number of halogens is 1. The SMILES string of the molecule is O=[N+]([O-])c1ccc(NC(=S)Nc2ccn(Cc3ccccc3F)n2)cc1. The number of thiocarbonyl (C=S) groups is 1. The van der Waals surface area contributed by atoms with Gasteiger partial charge in [0.25, 0.3) is 5.69 Å². The largest absolute Gasteiger partial charge is 0.332 e. The van der Waals surface area contributed by atoms with E-state index < -0.39 is 4.92 Å². The second-order valence-corrected chi connectivity index (χ2v) is 5.78. The molecule has 2 N–H and O–H groups in total. The maximum atomic E-state index is 13.7. The topological polar surface area (TPSA) is 85.0 Å². The molecule has 0 aliphatic carbocycles. The number of nitro groups is 1.